The maximum absolute atomic E-state index is 12.8. The molecule has 4 rings (SSSR count). The van der Waals surface area contributed by atoms with Crippen LogP contribution in [0, 0.1) is 12.8 Å². The second-order valence-electron chi connectivity index (χ2n) is 8.76. The van der Waals surface area contributed by atoms with Gasteiger partial charge in [-0.25, -0.2) is 0 Å². The fourth-order valence-corrected chi connectivity index (χ4v) is 4.78. The van der Waals surface area contributed by atoms with Gasteiger partial charge in [0.15, 0.2) is 0 Å². The lowest BCUT2D eigenvalue weighted by atomic mass is 9.79. The smallest absolute Gasteiger partial charge is 0.260 e. The Bertz CT molecular complexity index is 932. The highest BCUT2D eigenvalue weighted by atomic mass is 16.5. The van der Waals surface area contributed by atoms with E-state index >= 15 is 0 Å². The molecule has 2 aromatic rings. The van der Waals surface area contributed by atoms with Crippen molar-refractivity contribution in [1.82, 2.24) is 14.8 Å². The van der Waals surface area contributed by atoms with Gasteiger partial charge in [-0.2, -0.15) is 0 Å². The van der Waals surface area contributed by atoms with Crippen LogP contribution in [0.4, 0.5) is 0 Å². The summed E-state index contributed by atoms with van der Waals surface area (Å²) in [5, 5.41) is 0. The van der Waals surface area contributed by atoms with Gasteiger partial charge in [0.1, 0.15) is 17.4 Å². The number of pyridine rings is 1. The van der Waals surface area contributed by atoms with Crippen LogP contribution in [-0.4, -0.2) is 58.5 Å². The maximum atomic E-state index is 12.8. The van der Waals surface area contributed by atoms with E-state index in [1.54, 1.807) is 12.1 Å². The lowest BCUT2D eigenvalue weighted by Crippen LogP contribution is -2.68. The van der Waals surface area contributed by atoms with Gasteiger partial charge < -0.3 is 14.6 Å². The number of para-hydroxylation sites is 1. The van der Waals surface area contributed by atoms with E-state index in [2.05, 4.69) is 23.7 Å². The number of likely N-dealkylation sites (tertiary alicyclic amines) is 2. The fraction of sp³-hybridized carbons (Fsp3) is 0.500. The molecule has 2 atom stereocenters. The Balaban J connectivity index is 1.41. The van der Waals surface area contributed by atoms with Crippen molar-refractivity contribution in [1.29, 1.82) is 0 Å². The molecule has 0 spiro atoms. The Morgan fingerprint density at radius 3 is 2.43 bits per heavy atom. The summed E-state index contributed by atoms with van der Waals surface area (Å²) in [6.07, 6.45) is 2.04. The predicted molar refractivity (Wildman–Crippen MR) is 117 cm³/mol. The molecule has 0 radical (unpaired) electrons. The van der Waals surface area contributed by atoms with E-state index in [0.29, 0.717) is 31.1 Å². The SMILES string of the molecule is Cc1ccc(C(=O)N2CCC([C@H]3[C@@H](Oc4ccccc4)CN3C(C)C)CC2)c(=O)[nH]1. The maximum Gasteiger partial charge on any atom is 0.260 e. The summed E-state index contributed by atoms with van der Waals surface area (Å²) < 4.78 is 6.30. The molecule has 30 heavy (non-hydrogen) atoms. The summed E-state index contributed by atoms with van der Waals surface area (Å²) >= 11 is 0. The molecule has 160 valence electrons. The highest BCUT2D eigenvalue weighted by molar-refractivity contribution is 5.93. The van der Waals surface area contributed by atoms with Crippen molar-refractivity contribution >= 4 is 5.91 Å². The summed E-state index contributed by atoms with van der Waals surface area (Å²) in [5.41, 5.74) is 0.693. The predicted octanol–water partition coefficient (Wildman–Crippen LogP) is 3.08. The third kappa shape index (κ3) is 4.15. The average molecular weight is 410 g/mol. The van der Waals surface area contributed by atoms with E-state index < -0.39 is 0 Å². The Morgan fingerprint density at radius 1 is 1.10 bits per heavy atom. The van der Waals surface area contributed by atoms with E-state index in [-0.39, 0.29) is 23.1 Å². The topological polar surface area (TPSA) is 65.6 Å². The average Bonchev–Trinajstić information content (AvgIpc) is 2.71. The Morgan fingerprint density at radius 2 is 1.80 bits per heavy atom. The van der Waals surface area contributed by atoms with E-state index in [0.717, 1.165) is 30.8 Å². The minimum absolute atomic E-state index is 0.166. The zero-order valence-electron chi connectivity index (χ0n) is 18.0. The molecule has 0 unspecified atom stereocenters. The summed E-state index contributed by atoms with van der Waals surface area (Å²) in [4.78, 5) is 32.1. The second kappa shape index (κ2) is 8.64. The Hall–Kier alpha value is -2.60. The van der Waals surface area contributed by atoms with E-state index in [9.17, 15) is 9.59 Å². The van der Waals surface area contributed by atoms with Crippen molar-refractivity contribution in [3.05, 3.63) is 64.1 Å². The monoisotopic (exact) mass is 409 g/mol. The van der Waals surface area contributed by atoms with Gasteiger partial charge in [-0.1, -0.05) is 18.2 Å². The van der Waals surface area contributed by atoms with Gasteiger partial charge in [0.2, 0.25) is 0 Å². The van der Waals surface area contributed by atoms with Crippen LogP contribution in [0.3, 0.4) is 0 Å². The van der Waals surface area contributed by atoms with Crippen molar-refractivity contribution in [2.75, 3.05) is 19.6 Å². The number of benzene rings is 1. The van der Waals surface area contributed by atoms with Crippen molar-refractivity contribution in [2.24, 2.45) is 5.92 Å². The molecular formula is C24H31N3O3. The van der Waals surface area contributed by atoms with Crippen LogP contribution in [0.1, 0.15) is 42.7 Å². The highest BCUT2D eigenvalue weighted by Gasteiger charge is 2.47. The van der Waals surface area contributed by atoms with E-state index in [4.69, 9.17) is 4.74 Å². The molecule has 2 aliphatic rings. The third-order valence-electron chi connectivity index (χ3n) is 6.44. The Labute approximate surface area is 177 Å². The summed E-state index contributed by atoms with van der Waals surface area (Å²) in [7, 11) is 0. The van der Waals surface area contributed by atoms with Crippen LogP contribution >= 0.6 is 0 Å². The number of hydrogen-bond acceptors (Lipinski definition) is 4. The van der Waals surface area contributed by atoms with Crippen LogP contribution in [0.25, 0.3) is 0 Å². The number of hydrogen-bond donors (Lipinski definition) is 1. The lowest BCUT2D eigenvalue weighted by Gasteiger charge is -2.54. The number of carbonyl (C=O) groups is 1. The van der Waals surface area contributed by atoms with E-state index in [1.165, 1.54) is 0 Å². The molecule has 2 fully saturated rings. The van der Waals surface area contributed by atoms with Gasteiger partial charge in [0.25, 0.3) is 11.5 Å². The molecule has 1 aromatic carbocycles. The number of piperidine rings is 1. The zero-order valence-corrected chi connectivity index (χ0v) is 18.0. The first-order valence-electron chi connectivity index (χ1n) is 10.9. The summed E-state index contributed by atoms with van der Waals surface area (Å²) in [6.45, 7) is 8.57. The van der Waals surface area contributed by atoms with Crippen molar-refractivity contribution < 1.29 is 9.53 Å². The fourth-order valence-electron chi connectivity index (χ4n) is 4.78. The van der Waals surface area contributed by atoms with Gasteiger partial charge >= 0.3 is 0 Å². The molecule has 2 saturated heterocycles. The molecule has 0 aliphatic carbocycles. The van der Waals surface area contributed by atoms with Gasteiger partial charge in [-0.15, -0.1) is 0 Å². The molecule has 6 heteroatoms. The number of carbonyl (C=O) groups excluding carboxylic acids is 1. The number of rotatable bonds is 5. The molecule has 0 bridgehead atoms. The van der Waals surface area contributed by atoms with Gasteiger partial charge in [-0.05, 0) is 63.8 Å². The van der Waals surface area contributed by atoms with Crippen LogP contribution in [-0.2, 0) is 0 Å². The van der Waals surface area contributed by atoms with Crippen molar-refractivity contribution in [3.8, 4) is 5.75 Å². The molecule has 1 aromatic heterocycles. The molecule has 1 amide bonds. The number of aryl methyl sites for hydroxylation is 1. The molecule has 6 nitrogen and oxygen atoms in total. The quantitative estimate of drug-likeness (QED) is 0.824. The molecule has 3 heterocycles. The molecule has 0 saturated carbocycles. The van der Waals surface area contributed by atoms with E-state index in [1.807, 2.05) is 42.2 Å². The second-order valence-corrected chi connectivity index (χ2v) is 8.76. The standard InChI is InChI=1S/C24H31N3O3/c1-16(2)27-15-21(30-19-7-5-4-6-8-19)22(27)18-11-13-26(14-12-18)24(29)20-10-9-17(3)25-23(20)28/h4-10,16,18,21-22H,11-15H2,1-3H3,(H,25,28)/t21-,22-/m0/s1. The van der Waals surface area contributed by atoms with Gasteiger partial charge in [0, 0.05) is 31.4 Å². The number of aromatic nitrogens is 1. The summed E-state index contributed by atoms with van der Waals surface area (Å²) in [5.74, 6) is 1.23. The van der Waals surface area contributed by atoms with Crippen LogP contribution in [0.5, 0.6) is 5.75 Å². The van der Waals surface area contributed by atoms with Crippen LogP contribution < -0.4 is 10.3 Å². The number of nitrogens with one attached hydrogen (secondary N) is 1. The first-order chi connectivity index (χ1) is 14.4. The number of nitrogens with zero attached hydrogens (tertiary/aromatic N) is 2. The normalized spacial score (nSPS) is 22.7. The number of H-pyrrole nitrogens is 1. The number of aromatic amines is 1. The first-order valence-corrected chi connectivity index (χ1v) is 10.9. The van der Waals surface area contributed by atoms with Crippen LogP contribution in [0.15, 0.2) is 47.3 Å². The molecule has 1 N–H and O–H groups in total. The minimum atomic E-state index is -0.302. The number of amides is 1. The van der Waals surface area contributed by atoms with Crippen LogP contribution in [0.2, 0.25) is 0 Å². The van der Waals surface area contributed by atoms with Crippen molar-refractivity contribution in [3.63, 3.8) is 0 Å². The minimum Gasteiger partial charge on any atom is -0.487 e. The molecule has 2 aliphatic heterocycles. The largest absolute Gasteiger partial charge is 0.487 e. The zero-order chi connectivity index (χ0) is 21.3. The number of ether oxygens (including phenoxy) is 1. The highest BCUT2D eigenvalue weighted by Crippen LogP contribution is 2.36. The summed E-state index contributed by atoms with van der Waals surface area (Å²) in [6, 6.07) is 14.3. The Kier molecular flexibility index (Phi) is 5.95. The third-order valence-corrected chi connectivity index (χ3v) is 6.44. The van der Waals surface area contributed by atoms with Gasteiger partial charge in [-0.3, -0.25) is 14.5 Å². The molecular weight excluding hydrogens is 378 g/mol. The lowest BCUT2D eigenvalue weighted by molar-refractivity contribution is -0.0983. The first kappa shape index (κ1) is 20.7. The van der Waals surface area contributed by atoms with Gasteiger partial charge in [0.05, 0.1) is 6.04 Å². The van der Waals surface area contributed by atoms with Crippen molar-refractivity contribution in [2.45, 2.75) is 51.8 Å².